The Morgan fingerprint density at radius 3 is 2.60 bits per heavy atom. The first-order chi connectivity index (χ1) is 9.52. The fourth-order valence-corrected chi connectivity index (χ4v) is 4.37. The zero-order valence-corrected chi connectivity index (χ0v) is 15.3. The first kappa shape index (κ1) is 16.1. The first-order valence-electron chi connectivity index (χ1n) is 6.47. The normalized spacial score (nSPS) is 12.7. The van der Waals surface area contributed by atoms with E-state index in [1.807, 2.05) is 12.1 Å². The Hall–Kier alpha value is -0.230. The van der Waals surface area contributed by atoms with E-state index in [9.17, 15) is 4.39 Å². The van der Waals surface area contributed by atoms with Crippen LogP contribution in [0.25, 0.3) is 0 Å². The van der Waals surface area contributed by atoms with Gasteiger partial charge in [0.1, 0.15) is 5.82 Å². The van der Waals surface area contributed by atoms with E-state index in [1.165, 1.54) is 10.9 Å². The van der Waals surface area contributed by atoms with E-state index < -0.39 is 0 Å². The van der Waals surface area contributed by atoms with Crippen molar-refractivity contribution in [2.45, 2.75) is 26.3 Å². The molecule has 0 fully saturated rings. The minimum Gasteiger partial charge on any atom is -0.305 e. The van der Waals surface area contributed by atoms with E-state index in [4.69, 9.17) is 0 Å². The van der Waals surface area contributed by atoms with Crippen LogP contribution in [0.2, 0.25) is 0 Å². The van der Waals surface area contributed by atoms with Gasteiger partial charge in [-0.15, -0.1) is 11.3 Å². The lowest BCUT2D eigenvalue weighted by atomic mass is 10.0. The van der Waals surface area contributed by atoms with Crippen LogP contribution >= 0.6 is 43.2 Å². The number of nitrogens with one attached hydrogen (secondary N) is 1. The van der Waals surface area contributed by atoms with Crippen LogP contribution in [0.4, 0.5) is 4.39 Å². The lowest BCUT2D eigenvalue weighted by molar-refractivity contribution is 0.550. The van der Waals surface area contributed by atoms with Gasteiger partial charge in [0, 0.05) is 24.3 Å². The van der Waals surface area contributed by atoms with Gasteiger partial charge in [0.05, 0.1) is 6.04 Å². The number of hydrogen-bond donors (Lipinski definition) is 1. The Morgan fingerprint density at radius 2 is 2.05 bits per heavy atom. The summed E-state index contributed by atoms with van der Waals surface area (Å²) in [5.74, 6) is -0.189. The summed E-state index contributed by atoms with van der Waals surface area (Å²) >= 11 is 8.58. The third-order valence-corrected chi connectivity index (χ3v) is 5.50. The number of thiophene rings is 1. The molecule has 2 aromatic rings. The van der Waals surface area contributed by atoms with Crippen molar-refractivity contribution in [3.8, 4) is 0 Å². The van der Waals surface area contributed by atoms with Crippen molar-refractivity contribution in [2.75, 3.05) is 6.54 Å². The van der Waals surface area contributed by atoms with Crippen molar-refractivity contribution in [1.29, 1.82) is 0 Å². The monoisotopic (exact) mass is 419 g/mol. The van der Waals surface area contributed by atoms with E-state index in [1.54, 1.807) is 11.3 Å². The lowest BCUT2D eigenvalue weighted by Crippen LogP contribution is -2.23. The van der Waals surface area contributed by atoms with E-state index in [0.717, 1.165) is 26.8 Å². The van der Waals surface area contributed by atoms with Gasteiger partial charge in [-0.3, -0.25) is 0 Å². The molecule has 0 spiro atoms. The molecule has 1 aromatic carbocycles. The van der Waals surface area contributed by atoms with E-state index in [0.29, 0.717) is 5.56 Å². The molecule has 0 saturated heterocycles. The van der Waals surface area contributed by atoms with E-state index in [-0.39, 0.29) is 11.9 Å². The fourth-order valence-electron chi connectivity index (χ4n) is 2.07. The van der Waals surface area contributed by atoms with Crippen molar-refractivity contribution in [2.24, 2.45) is 0 Å². The van der Waals surface area contributed by atoms with Crippen LogP contribution < -0.4 is 5.32 Å². The topological polar surface area (TPSA) is 12.0 Å². The summed E-state index contributed by atoms with van der Waals surface area (Å²) in [6.07, 6.45) is 1.01. The molecule has 2 rings (SSSR count). The maximum Gasteiger partial charge on any atom is 0.129 e. The molecule has 1 unspecified atom stereocenters. The van der Waals surface area contributed by atoms with Crippen molar-refractivity contribution >= 4 is 43.2 Å². The molecule has 1 heterocycles. The summed E-state index contributed by atoms with van der Waals surface area (Å²) in [4.78, 5) is 2.34. The fraction of sp³-hybridized carbons (Fsp3) is 0.333. The third kappa shape index (κ3) is 3.70. The quantitative estimate of drug-likeness (QED) is 0.643. The van der Waals surface area contributed by atoms with Gasteiger partial charge in [0.25, 0.3) is 0 Å². The Bertz CT molecular complexity index is 598. The second-order valence-corrected chi connectivity index (χ2v) is 7.68. The summed E-state index contributed by atoms with van der Waals surface area (Å²) in [6, 6.07) is 7.21. The highest BCUT2D eigenvalue weighted by atomic mass is 79.9. The molecule has 1 nitrogen and oxygen atoms in total. The molecular formula is C15H16Br2FNS. The number of aryl methyl sites for hydroxylation is 1. The van der Waals surface area contributed by atoms with Gasteiger partial charge in [0.15, 0.2) is 0 Å². The summed E-state index contributed by atoms with van der Waals surface area (Å²) in [5, 5.41) is 3.44. The van der Waals surface area contributed by atoms with Gasteiger partial charge in [-0.2, -0.15) is 0 Å². The summed E-state index contributed by atoms with van der Waals surface area (Å²) in [7, 11) is 0. The van der Waals surface area contributed by atoms with Gasteiger partial charge in [-0.05, 0) is 54.0 Å². The van der Waals surface area contributed by atoms with E-state index in [2.05, 4.69) is 57.1 Å². The minimum atomic E-state index is -0.189. The van der Waals surface area contributed by atoms with Crippen molar-refractivity contribution < 1.29 is 4.39 Å². The highest BCUT2D eigenvalue weighted by molar-refractivity contribution is 9.10. The zero-order chi connectivity index (χ0) is 14.7. The van der Waals surface area contributed by atoms with Gasteiger partial charge in [0.2, 0.25) is 0 Å². The Labute approximate surface area is 139 Å². The third-order valence-electron chi connectivity index (χ3n) is 2.97. The van der Waals surface area contributed by atoms with Crippen LogP contribution in [0.1, 0.15) is 34.7 Å². The molecule has 0 amide bonds. The van der Waals surface area contributed by atoms with Crippen molar-refractivity contribution in [1.82, 2.24) is 5.32 Å². The largest absolute Gasteiger partial charge is 0.305 e. The lowest BCUT2D eigenvalue weighted by Gasteiger charge is -2.19. The summed E-state index contributed by atoms with van der Waals surface area (Å²) in [6.45, 7) is 5.02. The van der Waals surface area contributed by atoms with Crippen LogP contribution in [-0.2, 0) is 0 Å². The highest BCUT2D eigenvalue weighted by Crippen LogP contribution is 2.36. The maximum absolute atomic E-state index is 14.3. The molecule has 1 N–H and O–H groups in total. The number of benzene rings is 1. The second kappa shape index (κ2) is 7.16. The molecule has 0 radical (unpaired) electrons. The van der Waals surface area contributed by atoms with Crippen LogP contribution in [0, 0.1) is 12.7 Å². The molecule has 20 heavy (non-hydrogen) atoms. The van der Waals surface area contributed by atoms with Gasteiger partial charge < -0.3 is 5.32 Å². The van der Waals surface area contributed by atoms with Crippen LogP contribution in [0.3, 0.4) is 0 Å². The molecule has 0 bridgehead atoms. The van der Waals surface area contributed by atoms with Gasteiger partial charge >= 0.3 is 0 Å². The molecule has 0 aliphatic rings. The SMILES string of the molecule is CCCNC(c1ccc(Br)cc1F)c1sc(C)cc1Br. The van der Waals surface area contributed by atoms with Crippen LogP contribution in [-0.4, -0.2) is 6.54 Å². The second-order valence-electron chi connectivity index (χ2n) is 4.62. The standard InChI is InChI=1S/C15H16Br2FNS/c1-3-6-19-14(15-12(17)7-9(2)20-15)11-5-4-10(16)8-13(11)18/h4-5,7-8,14,19H,3,6H2,1-2H3. The molecule has 5 heteroatoms. The predicted molar refractivity (Wildman–Crippen MR) is 91.0 cm³/mol. The highest BCUT2D eigenvalue weighted by Gasteiger charge is 2.21. The molecule has 1 atom stereocenters. The number of hydrogen-bond acceptors (Lipinski definition) is 2. The average molecular weight is 421 g/mol. The van der Waals surface area contributed by atoms with Gasteiger partial charge in [-0.1, -0.05) is 28.9 Å². The number of halogens is 3. The molecule has 0 saturated carbocycles. The first-order valence-corrected chi connectivity index (χ1v) is 8.87. The summed E-state index contributed by atoms with van der Waals surface area (Å²) in [5.41, 5.74) is 0.684. The average Bonchev–Trinajstić information content (AvgIpc) is 2.71. The Balaban J connectivity index is 2.44. The number of rotatable bonds is 5. The summed E-state index contributed by atoms with van der Waals surface area (Å²) < 4.78 is 16.1. The Kier molecular flexibility index (Phi) is 5.78. The molecule has 0 aliphatic carbocycles. The van der Waals surface area contributed by atoms with E-state index >= 15 is 0 Å². The molecule has 108 valence electrons. The molecular weight excluding hydrogens is 405 g/mol. The minimum absolute atomic E-state index is 0.115. The van der Waals surface area contributed by atoms with Gasteiger partial charge in [-0.25, -0.2) is 4.39 Å². The Morgan fingerprint density at radius 1 is 1.30 bits per heavy atom. The van der Waals surface area contributed by atoms with Crippen molar-refractivity contribution in [3.63, 3.8) is 0 Å². The maximum atomic E-state index is 14.3. The van der Waals surface area contributed by atoms with Crippen LogP contribution in [0.5, 0.6) is 0 Å². The predicted octanol–water partition coefficient (Wildman–Crippen LogP) is 5.81. The van der Waals surface area contributed by atoms with Crippen LogP contribution in [0.15, 0.2) is 33.2 Å². The molecule has 1 aromatic heterocycles. The smallest absolute Gasteiger partial charge is 0.129 e. The van der Waals surface area contributed by atoms with Crippen molar-refractivity contribution in [3.05, 3.63) is 54.3 Å². The molecule has 0 aliphatic heterocycles. The zero-order valence-electron chi connectivity index (χ0n) is 11.3.